The highest BCUT2D eigenvalue weighted by Crippen LogP contribution is 2.43. The lowest BCUT2D eigenvalue weighted by molar-refractivity contribution is -0.149. The van der Waals surface area contributed by atoms with Crippen LogP contribution in [0.25, 0.3) is 0 Å². The van der Waals surface area contributed by atoms with Gasteiger partial charge in [-0.25, -0.2) is 0 Å². The fraction of sp³-hybridized carbons (Fsp3) is 1.00. The van der Waals surface area contributed by atoms with Crippen LogP contribution in [0.3, 0.4) is 0 Å². The highest BCUT2D eigenvalue weighted by molar-refractivity contribution is 5.00. The van der Waals surface area contributed by atoms with Crippen molar-refractivity contribution in [1.29, 1.82) is 0 Å². The normalized spacial score (nSPS) is 40.7. The number of rotatable bonds is 3. The van der Waals surface area contributed by atoms with Crippen molar-refractivity contribution in [3.05, 3.63) is 0 Å². The molecule has 3 heterocycles. The van der Waals surface area contributed by atoms with Gasteiger partial charge in [0.25, 0.3) is 0 Å². The largest absolute Gasteiger partial charge is 0.378 e. The summed E-state index contributed by atoms with van der Waals surface area (Å²) in [5.41, 5.74) is 0. The van der Waals surface area contributed by atoms with Crippen LogP contribution in [0, 0.1) is 11.8 Å². The van der Waals surface area contributed by atoms with Gasteiger partial charge in [0.2, 0.25) is 0 Å². The van der Waals surface area contributed by atoms with Crippen LogP contribution in [0.4, 0.5) is 0 Å². The Balaban J connectivity index is 1.54. The van der Waals surface area contributed by atoms with Gasteiger partial charge in [-0.05, 0) is 51.1 Å². The summed E-state index contributed by atoms with van der Waals surface area (Å²) in [6.07, 6.45) is 4.71. The van der Waals surface area contributed by atoms with Crippen LogP contribution < -0.4 is 5.32 Å². The predicted molar refractivity (Wildman–Crippen MR) is 64.5 cm³/mol. The minimum Gasteiger partial charge on any atom is -0.378 e. The number of ether oxygens (including phenoxy) is 1. The summed E-state index contributed by atoms with van der Waals surface area (Å²) in [5, 5.41) is 3.45. The van der Waals surface area contributed by atoms with E-state index in [-0.39, 0.29) is 0 Å². The van der Waals surface area contributed by atoms with Crippen LogP contribution in [0.15, 0.2) is 0 Å². The lowest BCUT2D eigenvalue weighted by Crippen LogP contribution is -2.62. The highest BCUT2D eigenvalue weighted by atomic mass is 16.5. The van der Waals surface area contributed by atoms with Crippen LogP contribution in [0.1, 0.15) is 26.2 Å². The molecule has 3 heteroatoms. The van der Waals surface area contributed by atoms with E-state index in [1.165, 1.54) is 45.4 Å². The number of nitrogens with zero attached hydrogens (tertiary/aromatic N) is 1. The molecule has 3 saturated heterocycles. The van der Waals surface area contributed by atoms with E-state index >= 15 is 0 Å². The van der Waals surface area contributed by atoms with Gasteiger partial charge < -0.3 is 10.1 Å². The Bertz CT molecular complexity index is 228. The summed E-state index contributed by atoms with van der Waals surface area (Å²) in [6, 6.07) is 0.856. The third-order valence-corrected chi connectivity index (χ3v) is 4.66. The van der Waals surface area contributed by atoms with E-state index in [9.17, 15) is 0 Å². The molecule has 0 amide bonds. The van der Waals surface area contributed by atoms with E-state index in [0.717, 1.165) is 24.5 Å². The standard InChI is InChI=1S/C13H24N2O/c1-2-16-13-10-7-11(13)9-15(8-10)12-3-5-14-6-4-12/h10-14H,2-9H2,1H3. The van der Waals surface area contributed by atoms with Crippen molar-refractivity contribution in [2.45, 2.75) is 38.3 Å². The molecule has 4 aliphatic rings. The van der Waals surface area contributed by atoms with E-state index in [0.29, 0.717) is 6.10 Å². The maximum atomic E-state index is 5.84. The van der Waals surface area contributed by atoms with Crippen molar-refractivity contribution in [2.75, 3.05) is 32.8 Å². The lowest BCUT2D eigenvalue weighted by atomic mass is 9.67. The van der Waals surface area contributed by atoms with Gasteiger partial charge in [0.05, 0.1) is 6.10 Å². The molecule has 3 nitrogen and oxygen atoms in total. The maximum absolute atomic E-state index is 5.84. The molecule has 1 saturated carbocycles. The van der Waals surface area contributed by atoms with Crippen molar-refractivity contribution in [2.24, 2.45) is 11.8 Å². The van der Waals surface area contributed by atoms with Gasteiger partial charge in [-0.15, -0.1) is 0 Å². The summed E-state index contributed by atoms with van der Waals surface area (Å²) in [6.45, 7) is 8.04. The third-order valence-electron chi connectivity index (χ3n) is 4.66. The molecule has 2 unspecified atom stereocenters. The summed E-state index contributed by atoms with van der Waals surface area (Å²) < 4.78 is 5.84. The molecule has 4 fully saturated rings. The molecule has 0 spiro atoms. The number of nitrogens with one attached hydrogen (secondary N) is 1. The molecular formula is C13H24N2O. The Morgan fingerprint density at radius 3 is 2.50 bits per heavy atom. The summed E-state index contributed by atoms with van der Waals surface area (Å²) >= 11 is 0. The van der Waals surface area contributed by atoms with Crippen molar-refractivity contribution in [3.8, 4) is 0 Å². The lowest BCUT2D eigenvalue weighted by Gasteiger charge is -2.55. The molecule has 2 atom stereocenters. The van der Waals surface area contributed by atoms with Crippen LogP contribution in [-0.2, 0) is 4.74 Å². The fourth-order valence-electron chi connectivity index (χ4n) is 3.81. The van der Waals surface area contributed by atoms with E-state index < -0.39 is 0 Å². The third kappa shape index (κ3) is 1.89. The van der Waals surface area contributed by atoms with Crippen LogP contribution >= 0.6 is 0 Å². The molecule has 1 N–H and O–H groups in total. The second-order valence-electron chi connectivity index (χ2n) is 5.61. The summed E-state index contributed by atoms with van der Waals surface area (Å²) in [5.74, 6) is 1.68. The van der Waals surface area contributed by atoms with E-state index in [4.69, 9.17) is 4.74 Å². The molecule has 16 heavy (non-hydrogen) atoms. The first kappa shape index (κ1) is 11.0. The Morgan fingerprint density at radius 2 is 1.88 bits per heavy atom. The summed E-state index contributed by atoms with van der Waals surface area (Å²) in [4.78, 5) is 2.75. The predicted octanol–water partition coefficient (Wildman–Crippen LogP) is 1.10. The molecule has 92 valence electrons. The molecule has 3 aliphatic heterocycles. The molecular weight excluding hydrogens is 200 g/mol. The first-order valence-corrected chi connectivity index (χ1v) is 6.95. The first-order valence-electron chi connectivity index (χ1n) is 6.95. The Kier molecular flexibility index (Phi) is 3.18. The second-order valence-corrected chi connectivity index (χ2v) is 5.61. The smallest absolute Gasteiger partial charge is 0.0655 e. The molecule has 0 radical (unpaired) electrons. The monoisotopic (exact) mass is 224 g/mol. The first-order chi connectivity index (χ1) is 7.88. The van der Waals surface area contributed by atoms with Gasteiger partial charge in [-0.2, -0.15) is 0 Å². The average Bonchev–Trinajstić information content (AvgIpc) is 2.37. The zero-order valence-electron chi connectivity index (χ0n) is 10.3. The molecule has 2 bridgehead atoms. The van der Waals surface area contributed by atoms with Gasteiger partial charge in [-0.1, -0.05) is 0 Å². The Morgan fingerprint density at radius 1 is 1.19 bits per heavy atom. The topological polar surface area (TPSA) is 24.5 Å². The van der Waals surface area contributed by atoms with Crippen LogP contribution in [0.5, 0.6) is 0 Å². The zero-order valence-corrected chi connectivity index (χ0v) is 10.3. The Labute approximate surface area is 98.5 Å². The maximum Gasteiger partial charge on any atom is 0.0655 e. The highest BCUT2D eigenvalue weighted by Gasteiger charge is 2.48. The molecule has 1 aliphatic carbocycles. The van der Waals surface area contributed by atoms with E-state index in [2.05, 4.69) is 17.1 Å². The molecule has 0 aromatic carbocycles. The van der Waals surface area contributed by atoms with Crippen LogP contribution in [0.2, 0.25) is 0 Å². The minimum absolute atomic E-state index is 0.600. The summed E-state index contributed by atoms with van der Waals surface area (Å²) in [7, 11) is 0. The SMILES string of the molecule is CCOC1C2CC1CN(C1CCNCC1)C2. The second kappa shape index (κ2) is 4.63. The minimum atomic E-state index is 0.600. The van der Waals surface area contributed by atoms with Gasteiger partial charge in [0.15, 0.2) is 0 Å². The van der Waals surface area contributed by atoms with Crippen molar-refractivity contribution in [1.82, 2.24) is 10.2 Å². The zero-order chi connectivity index (χ0) is 11.0. The number of hydrogen-bond donors (Lipinski definition) is 1. The van der Waals surface area contributed by atoms with E-state index in [1.54, 1.807) is 0 Å². The van der Waals surface area contributed by atoms with Crippen molar-refractivity contribution in [3.63, 3.8) is 0 Å². The fourth-order valence-corrected chi connectivity index (χ4v) is 3.81. The van der Waals surface area contributed by atoms with Gasteiger partial charge in [0, 0.05) is 25.7 Å². The van der Waals surface area contributed by atoms with Crippen molar-refractivity contribution >= 4 is 0 Å². The van der Waals surface area contributed by atoms with Gasteiger partial charge in [0.1, 0.15) is 0 Å². The molecule has 0 aromatic rings. The Hall–Kier alpha value is -0.120. The van der Waals surface area contributed by atoms with Gasteiger partial charge >= 0.3 is 0 Å². The van der Waals surface area contributed by atoms with Crippen molar-refractivity contribution < 1.29 is 4.74 Å². The average molecular weight is 224 g/mol. The quantitative estimate of drug-likeness (QED) is 0.777. The number of hydrogen-bond acceptors (Lipinski definition) is 3. The number of piperidine rings is 3. The van der Waals surface area contributed by atoms with Crippen LogP contribution in [-0.4, -0.2) is 49.8 Å². The van der Waals surface area contributed by atoms with E-state index in [1.807, 2.05) is 0 Å². The molecule has 4 rings (SSSR count). The molecule has 0 aromatic heterocycles. The number of fused-ring (bicyclic) bond motifs is 2. The van der Waals surface area contributed by atoms with Gasteiger partial charge in [-0.3, -0.25) is 4.90 Å².